The number of hydrogen-bond donors (Lipinski definition) is 0. The summed E-state index contributed by atoms with van der Waals surface area (Å²) in [6, 6.07) is 27.1. The fraction of sp³-hybridized carbons (Fsp3) is 0.111. The highest BCUT2D eigenvalue weighted by molar-refractivity contribution is 6.13. The van der Waals surface area contributed by atoms with Crippen LogP contribution >= 0.6 is 0 Å². The van der Waals surface area contributed by atoms with Crippen LogP contribution in [-0.2, 0) is 0 Å². The molecule has 0 radical (unpaired) electrons. The molecule has 3 nitrogen and oxygen atoms in total. The lowest BCUT2D eigenvalue weighted by atomic mass is 9.95. The molecule has 0 saturated carbocycles. The van der Waals surface area contributed by atoms with Gasteiger partial charge in [0.15, 0.2) is 0 Å². The van der Waals surface area contributed by atoms with Crippen LogP contribution in [-0.4, -0.2) is 16.6 Å². The van der Waals surface area contributed by atoms with Crippen molar-refractivity contribution >= 4 is 21.7 Å². The lowest BCUT2D eigenvalue weighted by Gasteiger charge is -2.15. The minimum Gasteiger partial charge on any atom is -0.493 e. The molecule has 5 aromatic rings. The highest BCUT2D eigenvalue weighted by atomic mass is 16.5. The predicted molar refractivity (Wildman–Crippen MR) is 124 cm³/mol. The van der Waals surface area contributed by atoms with Crippen molar-refractivity contribution in [3.8, 4) is 28.1 Å². The van der Waals surface area contributed by atoms with Crippen molar-refractivity contribution in [3.05, 3.63) is 91.3 Å². The van der Waals surface area contributed by atoms with E-state index in [0.717, 1.165) is 45.5 Å². The minimum atomic E-state index is 0.685. The SMILES string of the molecule is CCCOc1ccccc1-c1cc(-c2cccnc2)c2c(ccc3ccccc32)n1. The number of aromatic nitrogens is 2. The van der Waals surface area contributed by atoms with Gasteiger partial charge in [-0.15, -0.1) is 0 Å². The van der Waals surface area contributed by atoms with Crippen LogP contribution in [0.5, 0.6) is 5.75 Å². The van der Waals surface area contributed by atoms with Gasteiger partial charge >= 0.3 is 0 Å². The number of nitrogens with zero attached hydrogens (tertiary/aromatic N) is 2. The van der Waals surface area contributed by atoms with E-state index in [1.54, 1.807) is 6.20 Å². The minimum absolute atomic E-state index is 0.685. The van der Waals surface area contributed by atoms with Crippen LogP contribution < -0.4 is 4.74 Å². The fourth-order valence-electron chi connectivity index (χ4n) is 3.91. The molecule has 0 aliphatic rings. The van der Waals surface area contributed by atoms with Gasteiger partial charge in [0.25, 0.3) is 0 Å². The Balaban J connectivity index is 1.82. The van der Waals surface area contributed by atoms with Gasteiger partial charge in [-0.25, -0.2) is 4.98 Å². The third kappa shape index (κ3) is 3.29. The molecule has 0 atom stereocenters. The summed E-state index contributed by atoms with van der Waals surface area (Å²) in [6.07, 6.45) is 4.69. The zero-order chi connectivity index (χ0) is 20.3. The molecule has 2 heterocycles. The standard InChI is InChI=1S/C27H22N2O/c1-2-16-30-26-12-6-5-11-22(26)25-17-23(20-9-7-15-28-18-20)27-21-10-4-3-8-19(21)13-14-24(27)29-25/h3-15,17-18H,2,16H2,1H3. The average molecular weight is 390 g/mol. The summed E-state index contributed by atoms with van der Waals surface area (Å²) in [5.41, 5.74) is 5.09. The first-order chi connectivity index (χ1) is 14.8. The second kappa shape index (κ2) is 7.96. The molecule has 0 spiro atoms. The van der Waals surface area contributed by atoms with Gasteiger partial charge in [0.1, 0.15) is 5.75 Å². The quantitative estimate of drug-likeness (QED) is 0.306. The molecule has 0 fully saturated rings. The molecular formula is C27H22N2O. The smallest absolute Gasteiger partial charge is 0.128 e. The number of ether oxygens (including phenoxy) is 1. The fourth-order valence-corrected chi connectivity index (χ4v) is 3.91. The lowest BCUT2D eigenvalue weighted by Crippen LogP contribution is -1.98. The summed E-state index contributed by atoms with van der Waals surface area (Å²) in [5.74, 6) is 0.865. The number of fused-ring (bicyclic) bond motifs is 3. The molecular weight excluding hydrogens is 368 g/mol. The normalized spacial score (nSPS) is 11.1. The first kappa shape index (κ1) is 18.3. The second-order valence-corrected chi connectivity index (χ2v) is 7.32. The Morgan fingerprint density at radius 1 is 0.833 bits per heavy atom. The third-order valence-electron chi connectivity index (χ3n) is 5.30. The van der Waals surface area contributed by atoms with E-state index < -0.39 is 0 Å². The molecule has 0 saturated heterocycles. The zero-order valence-corrected chi connectivity index (χ0v) is 16.9. The number of para-hydroxylation sites is 1. The zero-order valence-electron chi connectivity index (χ0n) is 16.9. The van der Waals surface area contributed by atoms with Gasteiger partial charge < -0.3 is 4.74 Å². The first-order valence-electron chi connectivity index (χ1n) is 10.3. The van der Waals surface area contributed by atoms with Gasteiger partial charge in [0, 0.05) is 28.9 Å². The van der Waals surface area contributed by atoms with E-state index >= 15 is 0 Å². The average Bonchev–Trinajstić information content (AvgIpc) is 2.82. The van der Waals surface area contributed by atoms with Crippen molar-refractivity contribution in [2.24, 2.45) is 0 Å². The van der Waals surface area contributed by atoms with Crippen molar-refractivity contribution < 1.29 is 4.74 Å². The summed E-state index contributed by atoms with van der Waals surface area (Å²) < 4.78 is 6.02. The van der Waals surface area contributed by atoms with Gasteiger partial charge in [0.05, 0.1) is 17.8 Å². The monoisotopic (exact) mass is 390 g/mol. The number of benzene rings is 3. The van der Waals surface area contributed by atoms with Crippen LogP contribution in [0.15, 0.2) is 91.3 Å². The second-order valence-electron chi connectivity index (χ2n) is 7.32. The molecule has 0 bridgehead atoms. The van der Waals surface area contributed by atoms with Crippen molar-refractivity contribution in [3.63, 3.8) is 0 Å². The Morgan fingerprint density at radius 2 is 1.70 bits per heavy atom. The molecule has 0 unspecified atom stereocenters. The van der Waals surface area contributed by atoms with Crippen molar-refractivity contribution in [2.45, 2.75) is 13.3 Å². The first-order valence-corrected chi connectivity index (χ1v) is 10.3. The van der Waals surface area contributed by atoms with E-state index in [1.807, 2.05) is 30.5 Å². The Morgan fingerprint density at radius 3 is 2.57 bits per heavy atom. The highest BCUT2D eigenvalue weighted by Crippen LogP contribution is 2.38. The maximum atomic E-state index is 6.02. The third-order valence-corrected chi connectivity index (χ3v) is 5.30. The molecule has 0 N–H and O–H groups in total. The van der Waals surface area contributed by atoms with Crippen LogP contribution in [0.1, 0.15) is 13.3 Å². The van der Waals surface area contributed by atoms with E-state index in [1.165, 1.54) is 10.8 Å². The number of rotatable bonds is 5. The summed E-state index contributed by atoms with van der Waals surface area (Å²) in [6.45, 7) is 2.80. The van der Waals surface area contributed by atoms with E-state index in [2.05, 4.69) is 66.5 Å². The molecule has 30 heavy (non-hydrogen) atoms. The van der Waals surface area contributed by atoms with E-state index in [-0.39, 0.29) is 0 Å². The maximum absolute atomic E-state index is 6.02. The molecule has 2 aromatic heterocycles. The van der Waals surface area contributed by atoms with Crippen LogP contribution in [0.25, 0.3) is 44.1 Å². The van der Waals surface area contributed by atoms with Crippen molar-refractivity contribution in [1.82, 2.24) is 9.97 Å². The summed E-state index contributed by atoms with van der Waals surface area (Å²) in [5, 5.41) is 3.55. The van der Waals surface area contributed by atoms with Gasteiger partial charge in [-0.1, -0.05) is 55.5 Å². The van der Waals surface area contributed by atoms with Crippen LogP contribution in [0.2, 0.25) is 0 Å². The highest BCUT2D eigenvalue weighted by Gasteiger charge is 2.15. The van der Waals surface area contributed by atoms with Gasteiger partial charge in [0.2, 0.25) is 0 Å². The number of hydrogen-bond acceptors (Lipinski definition) is 3. The molecule has 0 amide bonds. The van der Waals surface area contributed by atoms with E-state index in [9.17, 15) is 0 Å². The Hall–Kier alpha value is -3.72. The van der Waals surface area contributed by atoms with Crippen LogP contribution in [0, 0.1) is 0 Å². The molecule has 5 rings (SSSR count). The summed E-state index contributed by atoms with van der Waals surface area (Å²) in [7, 11) is 0. The summed E-state index contributed by atoms with van der Waals surface area (Å²) in [4.78, 5) is 9.41. The topological polar surface area (TPSA) is 35.0 Å². The molecule has 0 aliphatic carbocycles. The van der Waals surface area contributed by atoms with Gasteiger partial charge in [-0.05, 0) is 53.1 Å². The van der Waals surface area contributed by atoms with Gasteiger partial charge in [-0.2, -0.15) is 0 Å². The van der Waals surface area contributed by atoms with E-state index in [4.69, 9.17) is 9.72 Å². The van der Waals surface area contributed by atoms with Crippen LogP contribution in [0.4, 0.5) is 0 Å². The Kier molecular flexibility index (Phi) is 4.86. The summed E-state index contributed by atoms with van der Waals surface area (Å²) >= 11 is 0. The molecule has 146 valence electrons. The Labute approximate surface area is 176 Å². The van der Waals surface area contributed by atoms with Crippen molar-refractivity contribution in [2.75, 3.05) is 6.61 Å². The Bertz CT molecular complexity index is 1330. The molecule has 3 aromatic carbocycles. The van der Waals surface area contributed by atoms with Gasteiger partial charge in [-0.3, -0.25) is 4.98 Å². The maximum Gasteiger partial charge on any atom is 0.128 e. The number of pyridine rings is 2. The lowest BCUT2D eigenvalue weighted by molar-refractivity contribution is 0.318. The van der Waals surface area contributed by atoms with Crippen LogP contribution in [0.3, 0.4) is 0 Å². The largest absolute Gasteiger partial charge is 0.493 e. The molecule has 0 aliphatic heterocycles. The van der Waals surface area contributed by atoms with Crippen molar-refractivity contribution in [1.29, 1.82) is 0 Å². The van der Waals surface area contributed by atoms with E-state index in [0.29, 0.717) is 6.61 Å². The predicted octanol–water partition coefficient (Wildman–Crippen LogP) is 6.91. The molecule has 3 heteroatoms.